The van der Waals surface area contributed by atoms with Crippen LogP contribution in [0.15, 0.2) is 24.5 Å². The molecule has 0 radical (unpaired) electrons. The van der Waals surface area contributed by atoms with E-state index in [0.717, 1.165) is 29.7 Å². The Hall–Kier alpha value is -1.30. The molecule has 0 spiro atoms. The fraction of sp³-hybridized carbons (Fsp3) is 0.500. The van der Waals surface area contributed by atoms with Gasteiger partial charge in [-0.3, -0.25) is 4.79 Å². The number of halogens is 2. The van der Waals surface area contributed by atoms with Gasteiger partial charge in [0.15, 0.2) is 0 Å². The monoisotopic (exact) mass is 360 g/mol. The van der Waals surface area contributed by atoms with E-state index in [4.69, 9.17) is 5.73 Å². The average Bonchev–Trinajstić information content (AvgIpc) is 2.92. The van der Waals surface area contributed by atoms with Crippen molar-refractivity contribution in [3.63, 3.8) is 0 Å². The van der Waals surface area contributed by atoms with Crippen LogP contribution in [0.5, 0.6) is 0 Å². The first kappa shape index (κ1) is 21.7. The highest BCUT2D eigenvalue weighted by Crippen LogP contribution is 2.25. The quantitative estimate of drug-likeness (QED) is 0.831. The van der Waals surface area contributed by atoms with Crippen molar-refractivity contribution < 1.29 is 4.79 Å². The van der Waals surface area contributed by atoms with E-state index in [2.05, 4.69) is 10.3 Å². The number of nitrogens with one attached hydrogen (secondary N) is 1. The molecule has 0 atom stereocenters. The Labute approximate surface area is 149 Å². The molecular weight excluding hydrogens is 335 g/mol. The molecule has 0 aliphatic rings. The van der Waals surface area contributed by atoms with Gasteiger partial charge in [-0.25, -0.2) is 4.98 Å². The van der Waals surface area contributed by atoms with E-state index in [0.29, 0.717) is 13.1 Å². The second-order valence-electron chi connectivity index (χ2n) is 5.53. The topological polar surface area (TPSA) is 72.4 Å². The summed E-state index contributed by atoms with van der Waals surface area (Å²) in [7, 11) is 0. The van der Waals surface area contributed by atoms with Gasteiger partial charge >= 0.3 is 0 Å². The molecule has 0 saturated heterocycles. The third-order valence-corrected chi connectivity index (χ3v) is 4.38. The van der Waals surface area contributed by atoms with E-state index >= 15 is 0 Å². The van der Waals surface area contributed by atoms with Gasteiger partial charge in [-0.05, 0) is 31.4 Å². The fourth-order valence-electron chi connectivity index (χ4n) is 2.60. The molecule has 5 nitrogen and oxygen atoms in total. The number of hydrogen-bond donors (Lipinski definition) is 2. The molecule has 0 fully saturated rings. The third-order valence-electron chi connectivity index (χ3n) is 4.38. The maximum Gasteiger partial charge on any atom is 0.227 e. The summed E-state index contributed by atoms with van der Waals surface area (Å²) >= 11 is 0. The molecule has 0 aliphatic carbocycles. The Balaban J connectivity index is 0.00000242. The largest absolute Gasteiger partial charge is 0.350 e. The van der Waals surface area contributed by atoms with Gasteiger partial charge in [0, 0.05) is 18.9 Å². The van der Waals surface area contributed by atoms with Crippen LogP contribution >= 0.6 is 24.8 Å². The molecule has 130 valence electrons. The zero-order chi connectivity index (χ0) is 15.5. The maximum absolute atomic E-state index is 12.4. The number of carbonyl (C=O) groups is 1. The van der Waals surface area contributed by atoms with Crippen molar-refractivity contribution in [1.29, 1.82) is 0 Å². The van der Waals surface area contributed by atoms with Crippen molar-refractivity contribution in [3.8, 4) is 0 Å². The van der Waals surface area contributed by atoms with Gasteiger partial charge < -0.3 is 15.5 Å². The van der Waals surface area contributed by atoms with Gasteiger partial charge in [0.05, 0.1) is 17.7 Å². The Morgan fingerprint density at radius 2 is 2.00 bits per heavy atom. The Kier molecular flexibility index (Phi) is 8.59. The molecule has 2 aromatic heterocycles. The van der Waals surface area contributed by atoms with Crippen LogP contribution in [0, 0.1) is 12.3 Å². The Morgan fingerprint density at radius 3 is 2.52 bits per heavy atom. The lowest BCUT2D eigenvalue weighted by atomic mass is 9.81. The summed E-state index contributed by atoms with van der Waals surface area (Å²) in [6, 6.07) is 4.01. The van der Waals surface area contributed by atoms with Crippen LogP contribution in [0.3, 0.4) is 0 Å². The number of carbonyl (C=O) groups excluding carboxylic acids is 1. The van der Waals surface area contributed by atoms with Crippen molar-refractivity contribution >= 4 is 36.4 Å². The lowest BCUT2D eigenvalue weighted by Crippen LogP contribution is -2.45. The number of aromatic nitrogens is 2. The van der Waals surface area contributed by atoms with E-state index in [-0.39, 0.29) is 30.7 Å². The van der Waals surface area contributed by atoms with Crippen molar-refractivity contribution in [2.24, 2.45) is 11.1 Å². The number of nitrogens with two attached hydrogens (primary N) is 1. The van der Waals surface area contributed by atoms with Gasteiger partial charge in [-0.1, -0.05) is 19.9 Å². The van der Waals surface area contributed by atoms with E-state index in [1.807, 2.05) is 49.7 Å². The van der Waals surface area contributed by atoms with Gasteiger partial charge in [0.25, 0.3) is 0 Å². The molecule has 3 N–H and O–H groups in total. The molecule has 7 heteroatoms. The second kappa shape index (κ2) is 9.11. The van der Waals surface area contributed by atoms with Crippen LogP contribution in [0.4, 0.5) is 0 Å². The molecule has 0 aromatic carbocycles. The highest BCUT2D eigenvalue weighted by Gasteiger charge is 2.33. The number of amides is 1. The van der Waals surface area contributed by atoms with E-state index in [9.17, 15) is 4.79 Å². The molecule has 1 amide bonds. The molecule has 0 unspecified atom stereocenters. The normalized spacial score (nSPS) is 10.8. The summed E-state index contributed by atoms with van der Waals surface area (Å²) in [4.78, 5) is 16.9. The fourth-order valence-corrected chi connectivity index (χ4v) is 2.60. The van der Waals surface area contributed by atoms with Crippen molar-refractivity contribution in [2.45, 2.75) is 40.2 Å². The van der Waals surface area contributed by atoms with Crippen LogP contribution in [0.1, 0.15) is 37.9 Å². The van der Waals surface area contributed by atoms with E-state index in [1.165, 1.54) is 0 Å². The van der Waals surface area contributed by atoms with Crippen molar-refractivity contribution in [3.05, 3.63) is 35.8 Å². The molecule has 0 saturated carbocycles. The third kappa shape index (κ3) is 4.37. The van der Waals surface area contributed by atoms with Gasteiger partial charge in [0.2, 0.25) is 5.91 Å². The summed E-state index contributed by atoms with van der Waals surface area (Å²) in [5.74, 6) is 0.0174. The SMILES string of the molecule is CCC(CC)(CN)C(=O)NCc1cn2cccc(C)c2n1.Cl.Cl. The Bertz CT molecular complexity index is 630. The molecular formula is C16H26Cl2N4O. The van der Waals surface area contributed by atoms with E-state index < -0.39 is 5.41 Å². The minimum absolute atomic E-state index is 0. The Morgan fingerprint density at radius 1 is 1.35 bits per heavy atom. The molecule has 2 aromatic rings. The van der Waals surface area contributed by atoms with Gasteiger partial charge in [-0.15, -0.1) is 24.8 Å². The number of rotatable bonds is 6. The number of hydrogen-bond acceptors (Lipinski definition) is 3. The van der Waals surface area contributed by atoms with Crippen LogP contribution in [-0.2, 0) is 11.3 Å². The number of fused-ring (bicyclic) bond motifs is 1. The predicted molar refractivity (Wildman–Crippen MR) is 98.3 cm³/mol. The number of nitrogens with zero attached hydrogens (tertiary/aromatic N) is 2. The van der Waals surface area contributed by atoms with Crippen LogP contribution in [0.25, 0.3) is 5.65 Å². The smallest absolute Gasteiger partial charge is 0.227 e. The number of pyridine rings is 1. The molecule has 23 heavy (non-hydrogen) atoms. The van der Waals surface area contributed by atoms with Crippen LogP contribution in [-0.4, -0.2) is 21.8 Å². The van der Waals surface area contributed by atoms with E-state index in [1.54, 1.807) is 0 Å². The van der Waals surface area contributed by atoms with Gasteiger partial charge in [0.1, 0.15) is 5.65 Å². The second-order valence-corrected chi connectivity index (χ2v) is 5.53. The lowest BCUT2D eigenvalue weighted by Gasteiger charge is -2.28. The van der Waals surface area contributed by atoms with Crippen LogP contribution in [0.2, 0.25) is 0 Å². The first-order valence-electron chi connectivity index (χ1n) is 7.48. The van der Waals surface area contributed by atoms with Crippen molar-refractivity contribution in [2.75, 3.05) is 6.54 Å². The summed E-state index contributed by atoms with van der Waals surface area (Å²) in [6.07, 6.45) is 5.40. The maximum atomic E-state index is 12.4. The lowest BCUT2D eigenvalue weighted by molar-refractivity contribution is -0.131. The summed E-state index contributed by atoms with van der Waals surface area (Å²) < 4.78 is 1.98. The summed E-state index contributed by atoms with van der Waals surface area (Å²) in [5, 5.41) is 2.98. The minimum Gasteiger partial charge on any atom is -0.350 e. The molecule has 2 heterocycles. The summed E-state index contributed by atoms with van der Waals surface area (Å²) in [5.41, 5.74) is 8.24. The standard InChI is InChI=1S/C16H24N4O.2ClH/c1-4-16(5-2,11-17)15(21)18-9-13-10-20-8-6-7-12(3)14(20)19-13;;/h6-8,10H,4-5,9,11,17H2,1-3H3,(H,18,21);2*1H. The zero-order valence-electron chi connectivity index (χ0n) is 13.8. The first-order chi connectivity index (χ1) is 10.1. The first-order valence-corrected chi connectivity index (χ1v) is 7.48. The molecule has 0 aliphatic heterocycles. The highest BCUT2D eigenvalue weighted by molar-refractivity contribution is 5.85. The number of aryl methyl sites for hydroxylation is 1. The molecule has 0 bridgehead atoms. The summed E-state index contributed by atoms with van der Waals surface area (Å²) in [6.45, 7) is 6.84. The predicted octanol–water partition coefficient (Wildman–Crippen LogP) is 2.87. The molecule has 2 rings (SSSR count). The van der Waals surface area contributed by atoms with Crippen LogP contribution < -0.4 is 11.1 Å². The number of imidazole rings is 1. The zero-order valence-corrected chi connectivity index (χ0v) is 15.5. The average molecular weight is 361 g/mol. The minimum atomic E-state index is -0.463. The van der Waals surface area contributed by atoms with Crippen molar-refractivity contribution in [1.82, 2.24) is 14.7 Å². The highest BCUT2D eigenvalue weighted by atomic mass is 35.5. The van der Waals surface area contributed by atoms with Gasteiger partial charge in [-0.2, -0.15) is 0 Å².